The Morgan fingerprint density at radius 1 is 1.05 bits per heavy atom. The van der Waals surface area contributed by atoms with Crippen LogP contribution in [0.2, 0.25) is 0 Å². The zero-order chi connectivity index (χ0) is 15.0. The monoisotopic (exact) mass is 294 g/mol. The lowest BCUT2D eigenvalue weighted by Crippen LogP contribution is -2.52. The maximum absolute atomic E-state index is 12.5. The predicted octanol–water partition coefficient (Wildman–Crippen LogP) is 2.46. The van der Waals surface area contributed by atoms with Gasteiger partial charge in [0.05, 0.1) is 5.92 Å². The predicted molar refractivity (Wildman–Crippen MR) is 78.9 cm³/mol. The second-order valence-electron chi connectivity index (χ2n) is 7.08. The molecule has 2 amide bonds. The zero-order valence-corrected chi connectivity index (χ0v) is 12.8. The lowest BCUT2D eigenvalue weighted by molar-refractivity contribution is -0.144. The minimum absolute atomic E-state index is 0.0781. The molecule has 3 rings (SSSR count). The number of aliphatic carboxylic acids is 1. The van der Waals surface area contributed by atoms with E-state index in [2.05, 4.69) is 5.32 Å². The van der Waals surface area contributed by atoms with Crippen molar-refractivity contribution in [3.8, 4) is 0 Å². The molecule has 0 aromatic heterocycles. The summed E-state index contributed by atoms with van der Waals surface area (Å²) in [6.07, 6.45) is 8.82. The molecule has 21 heavy (non-hydrogen) atoms. The number of hydrogen-bond acceptors (Lipinski definition) is 2. The number of nitrogens with zero attached hydrogens (tertiary/aromatic N) is 1. The van der Waals surface area contributed by atoms with E-state index in [1.165, 1.54) is 19.3 Å². The van der Waals surface area contributed by atoms with Gasteiger partial charge in [-0.15, -0.1) is 0 Å². The zero-order valence-electron chi connectivity index (χ0n) is 12.8. The quantitative estimate of drug-likeness (QED) is 0.840. The minimum Gasteiger partial charge on any atom is -0.481 e. The normalized spacial score (nSPS) is 35.7. The highest BCUT2D eigenvalue weighted by atomic mass is 16.4. The summed E-state index contributed by atoms with van der Waals surface area (Å²) in [5.74, 6) is -0.502. The number of hydrogen-bond donors (Lipinski definition) is 2. The van der Waals surface area contributed by atoms with Gasteiger partial charge >= 0.3 is 12.0 Å². The Kier molecular flexibility index (Phi) is 4.09. The van der Waals surface area contributed by atoms with Crippen LogP contribution in [0.4, 0.5) is 4.79 Å². The summed E-state index contributed by atoms with van der Waals surface area (Å²) >= 11 is 0. The number of carboxylic acids is 1. The Hall–Kier alpha value is -1.26. The molecule has 118 valence electrons. The highest BCUT2D eigenvalue weighted by Crippen LogP contribution is 2.48. The Balaban J connectivity index is 1.62. The first kappa shape index (κ1) is 14.7. The molecule has 4 atom stereocenters. The molecule has 0 aliphatic heterocycles. The number of fused-ring (bicyclic) bond motifs is 2. The highest BCUT2D eigenvalue weighted by Gasteiger charge is 2.51. The Labute approximate surface area is 126 Å². The Morgan fingerprint density at radius 3 is 2.38 bits per heavy atom. The van der Waals surface area contributed by atoms with Crippen molar-refractivity contribution in [3.05, 3.63) is 0 Å². The van der Waals surface area contributed by atoms with Crippen LogP contribution in [-0.4, -0.2) is 41.1 Å². The summed E-state index contributed by atoms with van der Waals surface area (Å²) in [4.78, 5) is 25.8. The van der Waals surface area contributed by atoms with Crippen LogP contribution in [0.25, 0.3) is 0 Å². The van der Waals surface area contributed by atoms with Crippen molar-refractivity contribution in [2.45, 2.75) is 63.5 Å². The van der Waals surface area contributed by atoms with Gasteiger partial charge in [0.2, 0.25) is 0 Å². The molecule has 0 aromatic rings. The van der Waals surface area contributed by atoms with Gasteiger partial charge in [-0.05, 0) is 43.9 Å². The van der Waals surface area contributed by atoms with Crippen LogP contribution in [0.5, 0.6) is 0 Å². The molecule has 0 aromatic carbocycles. The van der Waals surface area contributed by atoms with E-state index in [1.807, 2.05) is 11.9 Å². The van der Waals surface area contributed by atoms with Gasteiger partial charge in [-0.2, -0.15) is 0 Å². The van der Waals surface area contributed by atoms with E-state index < -0.39 is 5.97 Å². The summed E-state index contributed by atoms with van der Waals surface area (Å²) < 4.78 is 0. The number of nitrogens with one attached hydrogen (secondary N) is 1. The molecular weight excluding hydrogens is 268 g/mol. The number of carbonyl (C=O) groups excluding carboxylic acids is 1. The average molecular weight is 294 g/mol. The van der Waals surface area contributed by atoms with E-state index in [9.17, 15) is 14.7 Å². The SMILES string of the molecule is CN(C(=O)NC1C2CCC(C2)C1C(=O)O)C1CCCCC1. The van der Waals surface area contributed by atoms with Gasteiger partial charge in [0, 0.05) is 19.1 Å². The molecule has 3 fully saturated rings. The first-order chi connectivity index (χ1) is 10.1. The maximum Gasteiger partial charge on any atom is 0.317 e. The van der Waals surface area contributed by atoms with E-state index in [1.54, 1.807) is 0 Å². The number of carboxylic acid groups (broad SMARTS) is 1. The van der Waals surface area contributed by atoms with Gasteiger partial charge in [-0.25, -0.2) is 4.79 Å². The van der Waals surface area contributed by atoms with E-state index >= 15 is 0 Å². The van der Waals surface area contributed by atoms with Crippen LogP contribution >= 0.6 is 0 Å². The topological polar surface area (TPSA) is 69.6 Å². The molecule has 5 heteroatoms. The largest absolute Gasteiger partial charge is 0.481 e. The standard InChI is InChI=1S/C16H26N2O3/c1-18(12-5-3-2-4-6-12)16(21)17-14-11-8-7-10(9-11)13(14)15(19)20/h10-14H,2-9H2,1H3,(H,17,21)(H,19,20). The number of amides is 2. The van der Waals surface area contributed by atoms with Crippen molar-refractivity contribution in [1.29, 1.82) is 0 Å². The van der Waals surface area contributed by atoms with Crippen molar-refractivity contribution in [1.82, 2.24) is 10.2 Å². The maximum atomic E-state index is 12.5. The molecular formula is C16H26N2O3. The fourth-order valence-electron chi connectivity index (χ4n) is 4.73. The van der Waals surface area contributed by atoms with Crippen LogP contribution in [0.1, 0.15) is 51.4 Å². The first-order valence-electron chi connectivity index (χ1n) is 8.34. The molecule has 3 aliphatic rings. The van der Waals surface area contributed by atoms with Crippen molar-refractivity contribution >= 4 is 12.0 Å². The fourth-order valence-corrected chi connectivity index (χ4v) is 4.73. The summed E-state index contributed by atoms with van der Waals surface area (Å²) in [6, 6.07) is 0.0751. The van der Waals surface area contributed by atoms with Crippen LogP contribution < -0.4 is 5.32 Å². The van der Waals surface area contributed by atoms with Gasteiger partial charge < -0.3 is 15.3 Å². The Morgan fingerprint density at radius 2 is 1.71 bits per heavy atom. The molecule has 2 bridgehead atoms. The minimum atomic E-state index is -0.743. The van der Waals surface area contributed by atoms with E-state index in [0.717, 1.165) is 32.1 Å². The van der Waals surface area contributed by atoms with Crippen molar-refractivity contribution < 1.29 is 14.7 Å². The van der Waals surface area contributed by atoms with Crippen molar-refractivity contribution in [2.75, 3.05) is 7.05 Å². The average Bonchev–Trinajstić information content (AvgIpc) is 3.08. The molecule has 0 heterocycles. The molecule has 3 aliphatic carbocycles. The van der Waals surface area contributed by atoms with Gasteiger partial charge in [-0.1, -0.05) is 19.3 Å². The van der Waals surface area contributed by atoms with E-state index in [4.69, 9.17) is 0 Å². The summed E-state index contributed by atoms with van der Waals surface area (Å²) in [7, 11) is 1.86. The molecule has 0 radical (unpaired) electrons. The third-order valence-corrected chi connectivity index (χ3v) is 5.93. The van der Waals surface area contributed by atoms with Crippen molar-refractivity contribution in [2.24, 2.45) is 17.8 Å². The highest BCUT2D eigenvalue weighted by molar-refractivity contribution is 5.77. The molecule has 0 saturated heterocycles. The number of urea groups is 1. The van der Waals surface area contributed by atoms with Crippen LogP contribution in [0.15, 0.2) is 0 Å². The second kappa shape index (κ2) is 5.85. The fraction of sp³-hybridized carbons (Fsp3) is 0.875. The molecule has 3 saturated carbocycles. The van der Waals surface area contributed by atoms with Gasteiger partial charge in [0.1, 0.15) is 0 Å². The summed E-state index contributed by atoms with van der Waals surface area (Å²) in [5.41, 5.74) is 0. The summed E-state index contributed by atoms with van der Waals surface area (Å²) in [5, 5.41) is 12.5. The second-order valence-corrected chi connectivity index (χ2v) is 7.08. The molecule has 2 N–H and O–H groups in total. The van der Waals surface area contributed by atoms with E-state index in [0.29, 0.717) is 12.0 Å². The molecule has 0 spiro atoms. The first-order valence-corrected chi connectivity index (χ1v) is 8.34. The van der Waals surface area contributed by atoms with Gasteiger partial charge in [0.15, 0.2) is 0 Å². The van der Waals surface area contributed by atoms with E-state index in [-0.39, 0.29) is 23.9 Å². The third kappa shape index (κ3) is 2.74. The van der Waals surface area contributed by atoms with Gasteiger partial charge in [-0.3, -0.25) is 4.79 Å². The number of carbonyl (C=O) groups is 2. The summed E-state index contributed by atoms with van der Waals surface area (Å²) in [6.45, 7) is 0. The van der Waals surface area contributed by atoms with Crippen molar-refractivity contribution in [3.63, 3.8) is 0 Å². The lowest BCUT2D eigenvalue weighted by atomic mass is 9.84. The van der Waals surface area contributed by atoms with Crippen LogP contribution in [0, 0.1) is 17.8 Å². The third-order valence-electron chi connectivity index (χ3n) is 5.93. The smallest absolute Gasteiger partial charge is 0.317 e. The van der Waals surface area contributed by atoms with Crippen LogP contribution in [-0.2, 0) is 4.79 Å². The lowest BCUT2D eigenvalue weighted by Gasteiger charge is -2.35. The number of rotatable bonds is 3. The molecule has 4 unspecified atom stereocenters. The van der Waals surface area contributed by atoms with Crippen LogP contribution in [0.3, 0.4) is 0 Å². The molecule has 5 nitrogen and oxygen atoms in total. The Bertz CT molecular complexity index is 420. The van der Waals surface area contributed by atoms with Gasteiger partial charge in [0.25, 0.3) is 0 Å².